The standard InChI is InChI=1S/C11H15N3/c1-7-5-6-8(2)14(7)11-9(3)12-13-10(11)4/h5-6H,1-4H3,(H,12,13). The molecule has 2 heterocycles. The molecule has 0 aliphatic heterocycles. The molecular formula is C11H15N3. The Morgan fingerprint density at radius 2 is 1.64 bits per heavy atom. The summed E-state index contributed by atoms with van der Waals surface area (Å²) in [6.45, 7) is 8.30. The minimum Gasteiger partial charge on any atom is -0.315 e. The smallest absolute Gasteiger partial charge is 0.0894 e. The molecule has 0 unspecified atom stereocenters. The van der Waals surface area contributed by atoms with Crippen LogP contribution in [-0.4, -0.2) is 14.8 Å². The molecular weight excluding hydrogens is 174 g/mol. The highest BCUT2D eigenvalue weighted by Crippen LogP contribution is 2.20. The largest absolute Gasteiger partial charge is 0.315 e. The first-order valence-electron chi connectivity index (χ1n) is 4.78. The minimum absolute atomic E-state index is 1.05. The number of nitrogens with one attached hydrogen (secondary N) is 1. The van der Waals surface area contributed by atoms with Gasteiger partial charge in [-0.25, -0.2) is 0 Å². The molecule has 2 rings (SSSR count). The number of H-pyrrole nitrogens is 1. The summed E-state index contributed by atoms with van der Waals surface area (Å²) >= 11 is 0. The fourth-order valence-electron chi connectivity index (χ4n) is 1.90. The van der Waals surface area contributed by atoms with E-state index in [-0.39, 0.29) is 0 Å². The summed E-state index contributed by atoms with van der Waals surface area (Å²) in [6.07, 6.45) is 0. The maximum absolute atomic E-state index is 4.21. The first-order valence-corrected chi connectivity index (χ1v) is 4.78. The summed E-state index contributed by atoms with van der Waals surface area (Å²) in [5, 5.41) is 7.22. The summed E-state index contributed by atoms with van der Waals surface area (Å²) in [7, 11) is 0. The molecule has 0 saturated heterocycles. The van der Waals surface area contributed by atoms with Crippen LogP contribution in [0.1, 0.15) is 22.8 Å². The Labute approximate surface area is 83.8 Å². The van der Waals surface area contributed by atoms with Gasteiger partial charge in [0.1, 0.15) is 0 Å². The minimum atomic E-state index is 1.05. The molecule has 0 amide bonds. The summed E-state index contributed by atoms with van der Waals surface area (Å²) in [5.74, 6) is 0. The molecule has 0 spiro atoms. The van der Waals surface area contributed by atoms with Gasteiger partial charge in [0.15, 0.2) is 0 Å². The van der Waals surface area contributed by atoms with Crippen molar-refractivity contribution in [2.24, 2.45) is 0 Å². The average Bonchev–Trinajstić information content (AvgIpc) is 2.60. The van der Waals surface area contributed by atoms with E-state index in [1.54, 1.807) is 0 Å². The molecule has 1 N–H and O–H groups in total. The number of rotatable bonds is 1. The molecule has 3 nitrogen and oxygen atoms in total. The molecule has 2 aromatic rings. The van der Waals surface area contributed by atoms with Gasteiger partial charge in [-0.3, -0.25) is 5.10 Å². The number of nitrogens with zero attached hydrogens (tertiary/aromatic N) is 2. The van der Waals surface area contributed by atoms with E-state index >= 15 is 0 Å². The lowest BCUT2D eigenvalue weighted by molar-refractivity contribution is 0.946. The fourth-order valence-corrected chi connectivity index (χ4v) is 1.90. The second kappa shape index (κ2) is 3.01. The van der Waals surface area contributed by atoms with E-state index in [9.17, 15) is 0 Å². The number of hydrogen-bond donors (Lipinski definition) is 1. The van der Waals surface area contributed by atoms with Crippen molar-refractivity contribution in [1.82, 2.24) is 14.8 Å². The van der Waals surface area contributed by atoms with Crippen LogP contribution in [0, 0.1) is 27.7 Å². The van der Waals surface area contributed by atoms with Crippen LogP contribution >= 0.6 is 0 Å². The molecule has 2 aromatic heterocycles. The van der Waals surface area contributed by atoms with Gasteiger partial charge in [-0.1, -0.05) is 0 Å². The Morgan fingerprint density at radius 1 is 1.07 bits per heavy atom. The molecule has 0 fully saturated rings. The average molecular weight is 189 g/mol. The molecule has 0 aliphatic rings. The molecule has 74 valence electrons. The van der Waals surface area contributed by atoms with E-state index in [4.69, 9.17) is 0 Å². The zero-order valence-electron chi connectivity index (χ0n) is 9.05. The topological polar surface area (TPSA) is 33.6 Å². The van der Waals surface area contributed by atoms with Gasteiger partial charge in [0, 0.05) is 11.4 Å². The van der Waals surface area contributed by atoms with Crippen molar-refractivity contribution in [3.63, 3.8) is 0 Å². The van der Waals surface area contributed by atoms with Crippen molar-refractivity contribution in [3.8, 4) is 5.69 Å². The lowest BCUT2D eigenvalue weighted by Gasteiger charge is -2.08. The second-order valence-corrected chi connectivity index (χ2v) is 3.73. The molecule has 0 aliphatic carbocycles. The van der Waals surface area contributed by atoms with Crippen LogP contribution in [0.15, 0.2) is 12.1 Å². The van der Waals surface area contributed by atoms with Crippen LogP contribution in [0.4, 0.5) is 0 Å². The molecule has 0 bridgehead atoms. The summed E-state index contributed by atoms with van der Waals surface area (Å²) < 4.78 is 2.23. The summed E-state index contributed by atoms with van der Waals surface area (Å²) in [4.78, 5) is 0. The van der Waals surface area contributed by atoms with Crippen molar-refractivity contribution in [3.05, 3.63) is 34.9 Å². The van der Waals surface area contributed by atoms with E-state index in [2.05, 4.69) is 40.7 Å². The number of hydrogen-bond acceptors (Lipinski definition) is 1. The monoisotopic (exact) mass is 189 g/mol. The zero-order chi connectivity index (χ0) is 10.3. The summed E-state index contributed by atoms with van der Waals surface area (Å²) in [6, 6.07) is 4.25. The highest BCUT2D eigenvalue weighted by Gasteiger charge is 2.11. The molecule has 0 atom stereocenters. The van der Waals surface area contributed by atoms with E-state index < -0.39 is 0 Å². The number of aryl methyl sites for hydroxylation is 4. The van der Waals surface area contributed by atoms with Crippen LogP contribution in [0.5, 0.6) is 0 Å². The maximum Gasteiger partial charge on any atom is 0.0894 e. The maximum atomic E-state index is 4.21. The van der Waals surface area contributed by atoms with Gasteiger partial charge in [-0.15, -0.1) is 0 Å². The fraction of sp³-hybridized carbons (Fsp3) is 0.364. The Bertz CT molecular complexity index is 380. The Hall–Kier alpha value is -1.51. The Balaban J connectivity index is 2.71. The van der Waals surface area contributed by atoms with Crippen LogP contribution in [0.3, 0.4) is 0 Å². The van der Waals surface area contributed by atoms with Gasteiger partial charge in [0.05, 0.1) is 17.1 Å². The zero-order valence-corrected chi connectivity index (χ0v) is 9.05. The van der Waals surface area contributed by atoms with E-state index in [0.717, 1.165) is 11.4 Å². The van der Waals surface area contributed by atoms with Gasteiger partial charge in [0.2, 0.25) is 0 Å². The van der Waals surface area contributed by atoms with Crippen LogP contribution in [0.2, 0.25) is 0 Å². The third kappa shape index (κ3) is 1.16. The first-order chi connectivity index (χ1) is 6.61. The number of aromatic amines is 1. The van der Waals surface area contributed by atoms with E-state index in [0.29, 0.717) is 0 Å². The third-order valence-electron chi connectivity index (χ3n) is 2.58. The lowest BCUT2D eigenvalue weighted by Crippen LogP contribution is -2.00. The van der Waals surface area contributed by atoms with Gasteiger partial charge in [-0.2, -0.15) is 5.10 Å². The highest BCUT2D eigenvalue weighted by molar-refractivity contribution is 5.44. The predicted molar refractivity (Wildman–Crippen MR) is 56.9 cm³/mol. The summed E-state index contributed by atoms with van der Waals surface area (Å²) in [5.41, 5.74) is 5.84. The van der Waals surface area contributed by atoms with E-state index in [1.807, 2.05) is 13.8 Å². The van der Waals surface area contributed by atoms with Crippen molar-refractivity contribution in [2.75, 3.05) is 0 Å². The van der Waals surface area contributed by atoms with Crippen molar-refractivity contribution in [1.29, 1.82) is 0 Å². The quantitative estimate of drug-likeness (QED) is 0.734. The molecule has 14 heavy (non-hydrogen) atoms. The second-order valence-electron chi connectivity index (χ2n) is 3.73. The van der Waals surface area contributed by atoms with Gasteiger partial charge in [0.25, 0.3) is 0 Å². The van der Waals surface area contributed by atoms with Gasteiger partial charge < -0.3 is 4.57 Å². The van der Waals surface area contributed by atoms with Crippen LogP contribution in [-0.2, 0) is 0 Å². The number of aromatic nitrogens is 3. The Morgan fingerprint density at radius 3 is 2.07 bits per heavy atom. The lowest BCUT2D eigenvalue weighted by atomic mass is 10.3. The van der Waals surface area contributed by atoms with Crippen LogP contribution in [0.25, 0.3) is 5.69 Å². The van der Waals surface area contributed by atoms with E-state index in [1.165, 1.54) is 17.1 Å². The molecule has 3 heteroatoms. The Kier molecular flexibility index (Phi) is 1.95. The normalized spacial score (nSPS) is 10.9. The van der Waals surface area contributed by atoms with Crippen molar-refractivity contribution >= 4 is 0 Å². The van der Waals surface area contributed by atoms with Crippen LogP contribution < -0.4 is 0 Å². The molecule has 0 radical (unpaired) electrons. The van der Waals surface area contributed by atoms with Crippen molar-refractivity contribution < 1.29 is 0 Å². The first kappa shape index (κ1) is 9.06. The predicted octanol–water partition coefficient (Wildman–Crippen LogP) is 2.43. The van der Waals surface area contributed by atoms with Gasteiger partial charge >= 0.3 is 0 Å². The third-order valence-corrected chi connectivity index (χ3v) is 2.58. The molecule has 0 saturated carbocycles. The molecule has 0 aromatic carbocycles. The van der Waals surface area contributed by atoms with Crippen molar-refractivity contribution in [2.45, 2.75) is 27.7 Å². The highest BCUT2D eigenvalue weighted by atomic mass is 15.2. The SMILES string of the molecule is Cc1n[nH]c(C)c1-n1c(C)ccc1C. The van der Waals surface area contributed by atoms with Gasteiger partial charge in [-0.05, 0) is 39.8 Å².